The SMILES string of the molecule is C=C(C)C(=O)OCCCOC(C)CC. The summed E-state index contributed by atoms with van der Waals surface area (Å²) in [7, 11) is 0. The van der Waals surface area contributed by atoms with Crippen molar-refractivity contribution < 1.29 is 14.3 Å². The van der Waals surface area contributed by atoms with Crippen LogP contribution in [-0.2, 0) is 14.3 Å². The second kappa shape index (κ2) is 7.56. The molecule has 0 spiro atoms. The molecule has 0 radical (unpaired) electrons. The minimum absolute atomic E-state index is 0.284. The van der Waals surface area contributed by atoms with E-state index in [0.717, 1.165) is 12.8 Å². The molecule has 3 nitrogen and oxygen atoms in total. The lowest BCUT2D eigenvalue weighted by molar-refractivity contribution is -0.139. The second-order valence-electron chi connectivity index (χ2n) is 3.36. The molecule has 0 fully saturated rings. The van der Waals surface area contributed by atoms with Crippen LogP contribution < -0.4 is 0 Å². The molecule has 0 aromatic carbocycles. The zero-order chi connectivity index (χ0) is 11.0. The van der Waals surface area contributed by atoms with Gasteiger partial charge in [-0.15, -0.1) is 0 Å². The first-order valence-electron chi connectivity index (χ1n) is 5.02. The molecule has 0 rings (SSSR count). The third-order valence-corrected chi connectivity index (χ3v) is 1.85. The summed E-state index contributed by atoms with van der Waals surface area (Å²) < 4.78 is 10.3. The lowest BCUT2D eigenvalue weighted by atomic mass is 10.3. The van der Waals surface area contributed by atoms with Crippen molar-refractivity contribution in [3.8, 4) is 0 Å². The summed E-state index contributed by atoms with van der Waals surface area (Å²) in [6.45, 7) is 10.3. The van der Waals surface area contributed by atoms with Gasteiger partial charge in [0.05, 0.1) is 19.3 Å². The van der Waals surface area contributed by atoms with Gasteiger partial charge in [0.1, 0.15) is 0 Å². The molecule has 0 aliphatic carbocycles. The van der Waals surface area contributed by atoms with Gasteiger partial charge < -0.3 is 9.47 Å². The first-order chi connectivity index (χ1) is 6.57. The molecule has 0 saturated heterocycles. The first kappa shape index (κ1) is 13.2. The average molecular weight is 200 g/mol. The summed E-state index contributed by atoms with van der Waals surface area (Å²) >= 11 is 0. The molecule has 0 heterocycles. The Morgan fingerprint density at radius 2 is 2.07 bits per heavy atom. The molecule has 0 saturated carbocycles. The molecule has 1 unspecified atom stereocenters. The van der Waals surface area contributed by atoms with Crippen molar-refractivity contribution in [2.45, 2.75) is 39.7 Å². The predicted molar refractivity (Wildman–Crippen MR) is 56.1 cm³/mol. The fourth-order valence-corrected chi connectivity index (χ4v) is 0.749. The van der Waals surface area contributed by atoms with Crippen molar-refractivity contribution in [2.75, 3.05) is 13.2 Å². The Balaban J connectivity index is 3.30. The van der Waals surface area contributed by atoms with Crippen LogP contribution in [0.3, 0.4) is 0 Å². The summed E-state index contributed by atoms with van der Waals surface area (Å²) in [5, 5.41) is 0. The summed E-state index contributed by atoms with van der Waals surface area (Å²) in [5.74, 6) is -0.325. The monoisotopic (exact) mass is 200 g/mol. The number of rotatable bonds is 7. The molecule has 82 valence electrons. The normalized spacial score (nSPS) is 12.2. The van der Waals surface area contributed by atoms with Crippen LogP contribution in [-0.4, -0.2) is 25.3 Å². The highest BCUT2D eigenvalue weighted by molar-refractivity contribution is 5.86. The van der Waals surface area contributed by atoms with E-state index < -0.39 is 0 Å². The van der Waals surface area contributed by atoms with Gasteiger partial charge in [0, 0.05) is 12.0 Å². The standard InChI is InChI=1S/C11H20O3/c1-5-10(4)13-7-6-8-14-11(12)9(2)3/h10H,2,5-8H2,1,3-4H3. The number of ether oxygens (including phenoxy) is 2. The van der Waals surface area contributed by atoms with Gasteiger partial charge in [0.15, 0.2) is 0 Å². The van der Waals surface area contributed by atoms with Crippen molar-refractivity contribution in [3.05, 3.63) is 12.2 Å². The molecule has 3 heteroatoms. The molecule has 0 bridgehead atoms. The zero-order valence-corrected chi connectivity index (χ0v) is 9.34. The average Bonchev–Trinajstić information content (AvgIpc) is 2.16. The molecule has 0 aliphatic heterocycles. The van der Waals surface area contributed by atoms with Crippen LogP contribution in [0.25, 0.3) is 0 Å². The number of hydrogen-bond donors (Lipinski definition) is 0. The van der Waals surface area contributed by atoms with E-state index in [1.165, 1.54) is 0 Å². The molecular weight excluding hydrogens is 180 g/mol. The van der Waals surface area contributed by atoms with Gasteiger partial charge in [-0.2, -0.15) is 0 Å². The Bertz CT molecular complexity index is 187. The van der Waals surface area contributed by atoms with Gasteiger partial charge in [-0.3, -0.25) is 0 Å². The van der Waals surface area contributed by atoms with E-state index in [-0.39, 0.29) is 12.1 Å². The van der Waals surface area contributed by atoms with Gasteiger partial charge in [-0.05, 0) is 20.3 Å². The Morgan fingerprint density at radius 3 is 2.57 bits per heavy atom. The topological polar surface area (TPSA) is 35.5 Å². The maximum absolute atomic E-state index is 10.9. The van der Waals surface area contributed by atoms with E-state index in [9.17, 15) is 4.79 Å². The smallest absolute Gasteiger partial charge is 0.333 e. The lowest BCUT2D eigenvalue weighted by Gasteiger charge is -2.10. The van der Waals surface area contributed by atoms with E-state index in [0.29, 0.717) is 18.8 Å². The first-order valence-corrected chi connectivity index (χ1v) is 5.02. The third-order valence-electron chi connectivity index (χ3n) is 1.85. The highest BCUT2D eigenvalue weighted by atomic mass is 16.5. The molecule has 0 N–H and O–H groups in total. The summed E-state index contributed by atoms with van der Waals surface area (Å²) in [5.41, 5.74) is 0.438. The minimum atomic E-state index is -0.325. The quantitative estimate of drug-likeness (QED) is 0.359. The van der Waals surface area contributed by atoms with Gasteiger partial charge in [0.2, 0.25) is 0 Å². The number of esters is 1. The van der Waals surface area contributed by atoms with E-state index >= 15 is 0 Å². The molecular formula is C11H20O3. The van der Waals surface area contributed by atoms with Crippen LogP contribution in [0.4, 0.5) is 0 Å². The van der Waals surface area contributed by atoms with E-state index in [1.54, 1.807) is 6.92 Å². The predicted octanol–water partition coefficient (Wildman–Crippen LogP) is 2.31. The van der Waals surface area contributed by atoms with Crippen LogP contribution in [0.1, 0.15) is 33.6 Å². The molecule has 0 amide bonds. The largest absolute Gasteiger partial charge is 0.462 e. The van der Waals surface area contributed by atoms with Crippen LogP contribution in [0.15, 0.2) is 12.2 Å². The Hall–Kier alpha value is -0.830. The van der Waals surface area contributed by atoms with Crippen LogP contribution >= 0.6 is 0 Å². The second-order valence-corrected chi connectivity index (χ2v) is 3.36. The highest BCUT2D eigenvalue weighted by Crippen LogP contribution is 1.98. The van der Waals surface area contributed by atoms with E-state index in [1.807, 2.05) is 6.92 Å². The van der Waals surface area contributed by atoms with Crippen molar-refractivity contribution in [1.29, 1.82) is 0 Å². The minimum Gasteiger partial charge on any atom is -0.462 e. The maximum Gasteiger partial charge on any atom is 0.333 e. The van der Waals surface area contributed by atoms with Gasteiger partial charge in [0.25, 0.3) is 0 Å². The fraction of sp³-hybridized carbons (Fsp3) is 0.727. The fourth-order valence-electron chi connectivity index (χ4n) is 0.749. The molecule has 14 heavy (non-hydrogen) atoms. The number of hydrogen-bond acceptors (Lipinski definition) is 3. The summed E-state index contributed by atoms with van der Waals surface area (Å²) in [6, 6.07) is 0. The lowest BCUT2D eigenvalue weighted by Crippen LogP contribution is -2.11. The van der Waals surface area contributed by atoms with Gasteiger partial charge in [-0.1, -0.05) is 13.5 Å². The van der Waals surface area contributed by atoms with Gasteiger partial charge >= 0.3 is 5.97 Å². The van der Waals surface area contributed by atoms with E-state index in [2.05, 4.69) is 13.5 Å². The van der Waals surface area contributed by atoms with Crippen molar-refractivity contribution >= 4 is 5.97 Å². The Labute approximate surface area is 86.1 Å². The Kier molecular flexibility index (Phi) is 7.11. The van der Waals surface area contributed by atoms with Crippen LogP contribution in [0.5, 0.6) is 0 Å². The highest BCUT2D eigenvalue weighted by Gasteiger charge is 2.02. The van der Waals surface area contributed by atoms with Crippen LogP contribution in [0.2, 0.25) is 0 Å². The maximum atomic E-state index is 10.9. The summed E-state index contributed by atoms with van der Waals surface area (Å²) in [4.78, 5) is 10.9. The van der Waals surface area contributed by atoms with E-state index in [4.69, 9.17) is 9.47 Å². The van der Waals surface area contributed by atoms with Crippen LogP contribution in [0, 0.1) is 0 Å². The Morgan fingerprint density at radius 1 is 1.43 bits per heavy atom. The van der Waals surface area contributed by atoms with Gasteiger partial charge in [-0.25, -0.2) is 4.79 Å². The molecule has 0 aromatic heterocycles. The molecule has 0 aromatic rings. The van der Waals surface area contributed by atoms with Crippen molar-refractivity contribution in [1.82, 2.24) is 0 Å². The molecule has 0 aliphatic rings. The zero-order valence-electron chi connectivity index (χ0n) is 9.34. The number of carbonyl (C=O) groups is 1. The number of carbonyl (C=O) groups excluding carboxylic acids is 1. The summed E-state index contributed by atoms with van der Waals surface area (Å²) in [6.07, 6.45) is 2.03. The molecule has 1 atom stereocenters. The third kappa shape index (κ3) is 6.66. The van der Waals surface area contributed by atoms with Crippen molar-refractivity contribution in [3.63, 3.8) is 0 Å². The van der Waals surface area contributed by atoms with Crippen molar-refractivity contribution in [2.24, 2.45) is 0 Å².